The van der Waals surface area contributed by atoms with E-state index in [2.05, 4.69) is 10.3 Å². The molecule has 0 bridgehead atoms. The number of aromatic nitrogens is 1. The average molecular weight is 406 g/mol. The molecule has 3 aliphatic rings. The van der Waals surface area contributed by atoms with E-state index in [1.165, 1.54) is 9.96 Å². The highest BCUT2D eigenvalue weighted by Gasteiger charge is 2.59. The van der Waals surface area contributed by atoms with Crippen molar-refractivity contribution >= 4 is 17.7 Å². The van der Waals surface area contributed by atoms with Crippen LogP contribution < -0.4 is 5.32 Å². The van der Waals surface area contributed by atoms with Gasteiger partial charge in [0.25, 0.3) is 5.91 Å². The maximum atomic E-state index is 13.3. The third-order valence-electron chi connectivity index (χ3n) is 5.76. The molecule has 1 aromatic heterocycles. The number of imide groups is 1. The Morgan fingerprint density at radius 2 is 1.80 bits per heavy atom. The van der Waals surface area contributed by atoms with E-state index in [0.717, 1.165) is 24.0 Å². The molecule has 30 heavy (non-hydrogen) atoms. The van der Waals surface area contributed by atoms with E-state index in [0.29, 0.717) is 0 Å². The largest absolute Gasteiger partial charge is 0.352 e. The second-order valence-corrected chi connectivity index (χ2v) is 7.94. The predicted molar refractivity (Wildman–Crippen MR) is 105 cm³/mol. The van der Waals surface area contributed by atoms with Crippen molar-refractivity contribution in [2.24, 2.45) is 5.92 Å². The van der Waals surface area contributed by atoms with Gasteiger partial charge in [-0.3, -0.25) is 29.1 Å². The molecule has 5 rings (SSSR count). The number of nitrogens with zero attached hydrogens (tertiary/aromatic N) is 3. The van der Waals surface area contributed by atoms with E-state index in [1.807, 2.05) is 30.3 Å². The Morgan fingerprint density at radius 3 is 2.50 bits per heavy atom. The number of likely N-dealkylation sites (tertiary alicyclic amines) is 1. The molecule has 3 unspecified atom stereocenters. The number of nitrogens with one attached hydrogen (secondary N) is 1. The zero-order valence-electron chi connectivity index (χ0n) is 16.3. The number of fused-ring (bicyclic) bond motifs is 1. The van der Waals surface area contributed by atoms with Gasteiger partial charge in [-0.25, -0.2) is 0 Å². The molecule has 2 saturated heterocycles. The summed E-state index contributed by atoms with van der Waals surface area (Å²) >= 11 is 0. The molecular weight excluding hydrogens is 384 g/mol. The topological polar surface area (TPSA) is 91.8 Å². The summed E-state index contributed by atoms with van der Waals surface area (Å²) in [6.45, 7) is 0.176. The molecule has 8 nitrogen and oxygen atoms in total. The summed E-state index contributed by atoms with van der Waals surface area (Å²) in [6.07, 6.45) is 4.31. The summed E-state index contributed by atoms with van der Waals surface area (Å²) in [5, 5.41) is 4.41. The summed E-state index contributed by atoms with van der Waals surface area (Å²) in [6, 6.07) is 12.7. The molecule has 154 valence electrons. The Hall–Kier alpha value is -3.10. The van der Waals surface area contributed by atoms with Gasteiger partial charge in [-0.05, 0) is 36.1 Å². The van der Waals surface area contributed by atoms with Crippen molar-refractivity contribution < 1.29 is 19.2 Å². The molecule has 3 fully saturated rings. The lowest BCUT2D eigenvalue weighted by atomic mass is 9.91. The standard InChI is InChI=1S/C22H22N4O4/c27-17(24-16-6-7-16)13-26-19(15-8-10-23-11-9-15)18-20(30-26)22(29)25(21(18)28)12-14-4-2-1-3-5-14/h1-5,8-11,16,18-20H,6-7,12-13H2,(H,24,27). The van der Waals surface area contributed by atoms with E-state index >= 15 is 0 Å². The third kappa shape index (κ3) is 3.48. The molecule has 3 atom stereocenters. The Balaban J connectivity index is 1.41. The minimum absolute atomic E-state index is 0.0320. The van der Waals surface area contributed by atoms with Crippen molar-refractivity contribution in [1.82, 2.24) is 20.3 Å². The van der Waals surface area contributed by atoms with Gasteiger partial charge in [0.05, 0.1) is 18.5 Å². The number of hydrogen-bond donors (Lipinski definition) is 1. The van der Waals surface area contributed by atoms with Crippen molar-refractivity contribution in [3.05, 3.63) is 66.0 Å². The first-order valence-corrected chi connectivity index (χ1v) is 10.1. The van der Waals surface area contributed by atoms with Crippen LogP contribution in [0.5, 0.6) is 0 Å². The van der Waals surface area contributed by atoms with Crippen LogP contribution in [0.4, 0.5) is 0 Å². The Labute approximate surface area is 173 Å². The van der Waals surface area contributed by atoms with Crippen molar-refractivity contribution in [2.75, 3.05) is 6.54 Å². The van der Waals surface area contributed by atoms with Crippen molar-refractivity contribution in [2.45, 2.75) is 37.6 Å². The lowest BCUT2D eigenvalue weighted by Crippen LogP contribution is -2.41. The van der Waals surface area contributed by atoms with E-state index in [-0.39, 0.29) is 36.9 Å². The van der Waals surface area contributed by atoms with E-state index in [9.17, 15) is 14.4 Å². The second kappa shape index (κ2) is 7.62. The molecule has 0 radical (unpaired) electrons. The highest BCUT2D eigenvalue weighted by molar-refractivity contribution is 6.07. The van der Waals surface area contributed by atoms with Gasteiger partial charge < -0.3 is 5.32 Å². The molecule has 3 heterocycles. The molecule has 1 saturated carbocycles. The maximum absolute atomic E-state index is 13.3. The molecule has 0 spiro atoms. The zero-order chi connectivity index (χ0) is 20.7. The van der Waals surface area contributed by atoms with Crippen LogP contribution in [0.2, 0.25) is 0 Å². The molecule has 1 aliphatic carbocycles. The lowest BCUT2D eigenvalue weighted by molar-refractivity contribution is -0.182. The Kier molecular flexibility index (Phi) is 4.80. The summed E-state index contributed by atoms with van der Waals surface area (Å²) in [5.74, 6) is -1.51. The van der Waals surface area contributed by atoms with Gasteiger partial charge in [0, 0.05) is 18.4 Å². The van der Waals surface area contributed by atoms with Crippen LogP contribution in [-0.2, 0) is 25.8 Å². The number of carbonyl (C=O) groups is 3. The van der Waals surface area contributed by atoms with Crippen LogP contribution >= 0.6 is 0 Å². The fourth-order valence-electron chi connectivity index (χ4n) is 4.16. The number of benzene rings is 1. The van der Waals surface area contributed by atoms with Gasteiger partial charge >= 0.3 is 0 Å². The van der Waals surface area contributed by atoms with E-state index in [4.69, 9.17) is 4.84 Å². The van der Waals surface area contributed by atoms with Crippen LogP contribution in [0.1, 0.15) is 30.0 Å². The van der Waals surface area contributed by atoms with Crippen LogP contribution in [-0.4, -0.2) is 51.4 Å². The SMILES string of the molecule is O=C(CN1OC2C(=O)N(Cc3ccccc3)C(=O)C2C1c1ccncc1)NC1CC1. The van der Waals surface area contributed by atoms with Gasteiger partial charge in [-0.15, -0.1) is 0 Å². The van der Waals surface area contributed by atoms with Crippen molar-refractivity contribution in [3.8, 4) is 0 Å². The first-order valence-electron chi connectivity index (χ1n) is 10.1. The fourth-order valence-corrected chi connectivity index (χ4v) is 4.16. The average Bonchev–Trinajstić information content (AvgIpc) is 3.45. The molecule has 8 heteroatoms. The smallest absolute Gasteiger partial charge is 0.261 e. The predicted octanol–water partition coefficient (Wildman–Crippen LogP) is 1.20. The van der Waals surface area contributed by atoms with Gasteiger partial charge in [0.15, 0.2) is 6.10 Å². The molecule has 1 N–H and O–H groups in total. The second-order valence-electron chi connectivity index (χ2n) is 7.94. The number of hydroxylamine groups is 2. The Morgan fingerprint density at radius 1 is 1.07 bits per heavy atom. The van der Waals surface area contributed by atoms with Crippen LogP contribution in [0.3, 0.4) is 0 Å². The van der Waals surface area contributed by atoms with Crippen molar-refractivity contribution in [1.29, 1.82) is 0 Å². The quantitative estimate of drug-likeness (QED) is 0.725. The number of rotatable bonds is 6. The summed E-state index contributed by atoms with van der Waals surface area (Å²) < 4.78 is 0. The molecule has 1 aromatic carbocycles. The van der Waals surface area contributed by atoms with Crippen LogP contribution in [0.25, 0.3) is 0 Å². The third-order valence-corrected chi connectivity index (χ3v) is 5.76. The van der Waals surface area contributed by atoms with E-state index in [1.54, 1.807) is 24.5 Å². The van der Waals surface area contributed by atoms with Gasteiger partial charge in [-0.2, -0.15) is 5.06 Å². The molecule has 3 amide bonds. The first-order chi connectivity index (χ1) is 14.6. The van der Waals surface area contributed by atoms with Crippen LogP contribution in [0, 0.1) is 5.92 Å². The van der Waals surface area contributed by atoms with Crippen LogP contribution in [0.15, 0.2) is 54.9 Å². The fraction of sp³-hybridized carbons (Fsp3) is 0.364. The minimum atomic E-state index is -0.923. The maximum Gasteiger partial charge on any atom is 0.261 e. The molecule has 2 aromatic rings. The van der Waals surface area contributed by atoms with Gasteiger partial charge in [0.2, 0.25) is 11.8 Å². The lowest BCUT2D eigenvalue weighted by Gasteiger charge is -2.26. The molecule has 2 aliphatic heterocycles. The highest BCUT2D eigenvalue weighted by atomic mass is 16.7. The zero-order valence-corrected chi connectivity index (χ0v) is 16.3. The number of carbonyl (C=O) groups excluding carboxylic acids is 3. The van der Waals surface area contributed by atoms with Gasteiger partial charge in [0.1, 0.15) is 6.54 Å². The Bertz CT molecular complexity index is 964. The summed E-state index contributed by atoms with van der Waals surface area (Å²) in [4.78, 5) is 49.9. The number of amides is 3. The highest BCUT2D eigenvalue weighted by Crippen LogP contribution is 2.44. The first kappa shape index (κ1) is 18.9. The molecular formula is C22H22N4O4. The van der Waals surface area contributed by atoms with E-state index < -0.39 is 18.1 Å². The number of pyridine rings is 1. The number of hydrogen-bond acceptors (Lipinski definition) is 6. The summed E-state index contributed by atoms with van der Waals surface area (Å²) in [5.41, 5.74) is 1.67. The minimum Gasteiger partial charge on any atom is -0.352 e. The summed E-state index contributed by atoms with van der Waals surface area (Å²) in [7, 11) is 0. The van der Waals surface area contributed by atoms with Crippen molar-refractivity contribution in [3.63, 3.8) is 0 Å². The van der Waals surface area contributed by atoms with Gasteiger partial charge in [-0.1, -0.05) is 30.3 Å². The normalized spacial score (nSPS) is 26.1. The monoisotopic (exact) mass is 406 g/mol.